The highest BCUT2D eigenvalue weighted by Gasteiger charge is 2.31. The number of urea groups is 1. The molecule has 110 valence electrons. The first-order valence-corrected chi connectivity index (χ1v) is 6.77. The third-order valence-corrected chi connectivity index (χ3v) is 3.85. The second-order valence-electron chi connectivity index (χ2n) is 5.52. The first kappa shape index (κ1) is 15.8. The van der Waals surface area contributed by atoms with E-state index in [2.05, 4.69) is 5.32 Å². The maximum Gasteiger partial charge on any atom is 0.326 e. The van der Waals surface area contributed by atoms with Gasteiger partial charge in [-0.15, -0.1) is 0 Å². The molecule has 0 aromatic carbocycles. The van der Waals surface area contributed by atoms with Gasteiger partial charge in [0, 0.05) is 13.6 Å². The number of hydrogen-bond acceptors (Lipinski definition) is 3. The molecule has 1 aliphatic rings. The number of carboxylic acid groups (broad SMARTS) is 1. The highest BCUT2D eigenvalue weighted by atomic mass is 16.4. The van der Waals surface area contributed by atoms with E-state index in [1.54, 1.807) is 14.0 Å². The van der Waals surface area contributed by atoms with E-state index in [4.69, 9.17) is 5.11 Å². The van der Waals surface area contributed by atoms with Crippen LogP contribution in [0.2, 0.25) is 0 Å². The van der Waals surface area contributed by atoms with Gasteiger partial charge in [0.2, 0.25) is 0 Å². The SMILES string of the molecule is CCC(C)[C@H](NC(=O)N(C)CC1CC(O)C1)C(=O)O. The lowest BCUT2D eigenvalue weighted by atomic mass is 9.82. The molecule has 2 atom stereocenters. The van der Waals surface area contributed by atoms with Crippen LogP contribution in [0.25, 0.3) is 0 Å². The number of aliphatic hydroxyl groups is 1. The summed E-state index contributed by atoms with van der Waals surface area (Å²) >= 11 is 0. The zero-order valence-corrected chi connectivity index (χ0v) is 11.8. The molecule has 6 nitrogen and oxygen atoms in total. The van der Waals surface area contributed by atoms with Crippen molar-refractivity contribution in [2.75, 3.05) is 13.6 Å². The number of carboxylic acids is 1. The lowest BCUT2D eigenvalue weighted by Crippen LogP contribution is -2.51. The van der Waals surface area contributed by atoms with Gasteiger partial charge in [-0.2, -0.15) is 0 Å². The number of nitrogens with one attached hydrogen (secondary N) is 1. The van der Waals surface area contributed by atoms with Gasteiger partial charge < -0.3 is 20.4 Å². The summed E-state index contributed by atoms with van der Waals surface area (Å²) in [4.78, 5) is 24.5. The van der Waals surface area contributed by atoms with Gasteiger partial charge in [-0.1, -0.05) is 20.3 Å². The molecular weight excluding hydrogens is 248 g/mol. The lowest BCUT2D eigenvalue weighted by molar-refractivity contribution is -0.140. The molecule has 2 amide bonds. The Kier molecular flexibility index (Phi) is 5.60. The summed E-state index contributed by atoms with van der Waals surface area (Å²) in [6.07, 6.45) is 1.88. The van der Waals surface area contributed by atoms with E-state index in [0.29, 0.717) is 31.7 Å². The van der Waals surface area contributed by atoms with Gasteiger partial charge in [0.25, 0.3) is 0 Å². The van der Waals surface area contributed by atoms with Crippen molar-refractivity contribution in [2.24, 2.45) is 11.8 Å². The maximum atomic E-state index is 11.9. The van der Waals surface area contributed by atoms with Gasteiger partial charge in [0.1, 0.15) is 6.04 Å². The average Bonchev–Trinajstić information content (AvgIpc) is 2.32. The number of carbonyl (C=O) groups excluding carboxylic acids is 1. The van der Waals surface area contributed by atoms with E-state index in [1.807, 2.05) is 6.92 Å². The summed E-state index contributed by atoms with van der Waals surface area (Å²) < 4.78 is 0. The Morgan fingerprint density at radius 2 is 2.00 bits per heavy atom. The number of aliphatic hydroxyl groups excluding tert-OH is 1. The van der Waals surface area contributed by atoms with Crippen LogP contribution in [0.1, 0.15) is 33.1 Å². The van der Waals surface area contributed by atoms with Gasteiger partial charge in [0.05, 0.1) is 6.10 Å². The van der Waals surface area contributed by atoms with Crippen LogP contribution in [0.5, 0.6) is 0 Å². The fourth-order valence-corrected chi connectivity index (χ4v) is 2.25. The summed E-state index contributed by atoms with van der Waals surface area (Å²) in [7, 11) is 1.65. The fourth-order valence-electron chi connectivity index (χ4n) is 2.25. The van der Waals surface area contributed by atoms with E-state index in [0.717, 1.165) is 0 Å². The molecule has 1 aliphatic carbocycles. The zero-order valence-electron chi connectivity index (χ0n) is 11.8. The van der Waals surface area contributed by atoms with E-state index >= 15 is 0 Å². The number of aliphatic carboxylic acids is 1. The van der Waals surface area contributed by atoms with Crippen molar-refractivity contribution in [3.8, 4) is 0 Å². The van der Waals surface area contributed by atoms with Crippen molar-refractivity contribution in [2.45, 2.75) is 45.3 Å². The van der Waals surface area contributed by atoms with Gasteiger partial charge >= 0.3 is 12.0 Å². The van der Waals surface area contributed by atoms with Gasteiger partial charge in [-0.3, -0.25) is 0 Å². The van der Waals surface area contributed by atoms with Crippen molar-refractivity contribution in [3.05, 3.63) is 0 Å². The topological polar surface area (TPSA) is 89.9 Å². The summed E-state index contributed by atoms with van der Waals surface area (Å²) in [5.41, 5.74) is 0. The highest BCUT2D eigenvalue weighted by molar-refractivity contribution is 5.82. The molecule has 1 rings (SSSR count). The van der Waals surface area contributed by atoms with Crippen LogP contribution < -0.4 is 5.32 Å². The Hall–Kier alpha value is -1.30. The normalized spacial score (nSPS) is 25.1. The lowest BCUT2D eigenvalue weighted by Gasteiger charge is -2.35. The minimum Gasteiger partial charge on any atom is -0.480 e. The van der Waals surface area contributed by atoms with Gasteiger partial charge in [0.15, 0.2) is 0 Å². The molecule has 3 N–H and O–H groups in total. The number of nitrogens with zero attached hydrogens (tertiary/aromatic N) is 1. The van der Waals surface area contributed by atoms with E-state index in [-0.39, 0.29) is 18.1 Å². The smallest absolute Gasteiger partial charge is 0.326 e. The van der Waals surface area contributed by atoms with E-state index in [1.165, 1.54) is 4.90 Å². The van der Waals surface area contributed by atoms with Crippen LogP contribution in [0, 0.1) is 11.8 Å². The summed E-state index contributed by atoms with van der Waals surface area (Å²) in [5.74, 6) is -0.798. The second-order valence-corrected chi connectivity index (χ2v) is 5.52. The molecule has 0 heterocycles. The Morgan fingerprint density at radius 3 is 2.42 bits per heavy atom. The zero-order chi connectivity index (χ0) is 14.6. The molecule has 1 saturated carbocycles. The van der Waals surface area contributed by atoms with Crippen molar-refractivity contribution < 1.29 is 19.8 Å². The number of rotatable bonds is 6. The molecule has 0 aromatic heterocycles. The molecule has 1 fully saturated rings. The monoisotopic (exact) mass is 272 g/mol. The van der Waals surface area contributed by atoms with Crippen LogP contribution in [0.4, 0.5) is 4.79 Å². The quantitative estimate of drug-likeness (QED) is 0.670. The average molecular weight is 272 g/mol. The molecule has 0 aromatic rings. The van der Waals surface area contributed by atoms with Crippen LogP contribution in [-0.4, -0.2) is 52.9 Å². The summed E-state index contributed by atoms with van der Waals surface area (Å²) in [6.45, 7) is 4.25. The van der Waals surface area contributed by atoms with Crippen LogP contribution in [0.3, 0.4) is 0 Å². The van der Waals surface area contributed by atoms with Crippen LogP contribution in [-0.2, 0) is 4.79 Å². The number of carbonyl (C=O) groups is 2. The molecule has 1 unspecified atom stereocenters. The largest absolute Gasteiger partial charge is 0.480 e. The number of amides is 2. The molecule has 6 heteroatoms. The van der Waals surface area contributed by atoms with Crippen molar-refractivity contribution in [3.63, 3.8) is 0 Å². The predicted molar refractivity (Wildman–Crippen MR) is 70.8 cm³/mol. The molecule has 0 spiro atoms. The predicted octanol–water partition coefficient (Wildman–Crippen LogP) is 0.898. The molecule has 0 bridgehead atoms. The highest BCUT2D eigenvalue weighted by Crippen LogP contribution is 2.27. The van der Waals surface area contributed by atoms with Crippen molar-refractivity contribution in [1.82, 2.24) is 10.2 Å². The summed E-state index contributed by atoms with van der Waals surface area (Å²) in [5, 5.41) is 20.9. The Bertz CT molecular complexity index is 329. The van der Waals surface area contributed by atoms with Gasteiger partial charge in [-0.25, -0.2) is 9.59 Å². The second kappa shape index (κ2) is 6.75. The van der Waals surface area contributed by atoms with Crippen molar-refractivity contribution in [1.29, 1.82) is 0 Å². The molecule has 0 aliphatic heterocycles. The Balaban J connectivity index is 2.44. The fraction of sp³-hybridized carbons (Fsp3) is 0.846. The molecule has 19 heavy (non-hydrogen) atoms. The third kappa shape index (κ3) is 4.38. The van der Waals surface area contributed by atoms with E-state index in [9.17, 15) is 14.7 Å². The van der Waals surface area contributed by atoms with Crippen LogP contribution in [0.15, 0.2) is 0 Å². The van der Waals surface area contributed by atoms with Crippen LogP contribution >= 0.6 is 0 Å². The Morgan fingerprint density at radius 1 is 1.42 bits per heavy atom. The standard InChI is InChI=1S/C13H24N2O4/c1-4-8(2)11(12(17)18)14-13(19)15(3)7-9-5-10(16)6-9/h8-11,16H,4-7H2,1-3H3,(H,14,19)(H,17,18)/t8?,9?,10?,11-/m0/s1. The molecular formula is C13H24N2O4. The summed E-state index contributed by atoms with van der Waals surface area (Å²) in [6, 6.07) is -1.22. The first-order valence-electron chi connectivity index (χ1n) is 6.77. The molecule has 0 saturated heterocycles. The molecule has 0 radical (unpaired) electrons. The minimum absolute atomic E-state index is 0.111. The third-order valence-electron chi connectivity index (χ3n) is 3.85. The number of hydrogen-bond donors (Lipinski definition) is 3. The van der Waals surface area contributed by atoms with Crippen molar-refractivity contribution >= 4 is 12.0 Å². The van der Waals surface area contributed by atoms with Gasteiger partial charge in [-0.05, 0) is 24.7 Å². The first-order chi connectivity index (χ1) is 8.85. The van der Waals surface area contributed by atoms with E-state index < -0.39 is 12.0 Å². The maximum absolute atomic E-state index is 11.9. The Labute approximate surface area is 113 Å². The minimum atomic E-state index is -1.00.